The number of hydrogen-bond acceptors (Lipinski definition) is 3. The predicted molar refractivity (Wildman–Crippen MR) is 80.4 cm³/mol. The molecule has 3 nitrogen and oxygen atoms in total. The molecule has 3 unspecified atom stereocenters. The summed E-state index contributed by atoms with van der Waals surface area (Å²) < 4.78 is 5.27. The van der Waals surface area contributed by atoms with Crippen LogP contribution in [0.1, 0.15) is 47.0 Å². The minimum atomic E-state index is 0.340. The maximum atomic E-state index is 5.27. The Balaban J connectivity index is 2.03. The first-order valence-electron chi connectivity index (χ1n) is 7.97. The molecule has 112 valence electrons. The first-order chi connectivity index (χ1) is 8.98. The molecule has 19 heavy (non-hydrogen) atoms. The fourth-order valence-corrected chi connectivity index (χ4v) is 3.56. The molecule has 0 spiro atoms. The van der Waals surface area contributed by atoms with Gasteiger partial charge in [-0.3, -0.25) is 4.90 Å². The van der Waals surface area contributed by atoms with Crippen molar-refractivity contribution in [1.82, 2.24) is 10.2 Å². The fraction of sp³-hybridized carbons (Fsp3) is 1.00. The van der Waals surface area contributed by atoms with Crippen molar-refractivity contribution in [1.29, 1.82) is 0 Å². The lowest BCUT2D eigenvalue weighted by Gasteiger charge is -2.50. The standard InChI is InChI=1S/C16H32N2O/c1-12(2)15-10-17-16(4,14-6-7-14)11-18(15)13(3)8-9-19-5/h12-15,17H,6-11H2,1-5H3. The second-order valence-corrected chi connectivity index (χ2v) is 7.19. The molecule has 0 amide bonds. The highest BCUT2D eigenvalue weighted by molar-refractivity contribution is 5.05. The Morgan fingerprint density at radius 3 is 2.53 bits per heavy atom. The van der Waals surface area contributed by atoms with Crippen molar-refractivity contribution in [3.8, 4) is 0 Å². The van der Waals surface area contributed by atoms with E-state index in [0.717, 1.165) is 25.5 Å². The third kappa shape index (κ3) is 3.50. The molecule has 1 heterocycles. The Bertz CT molecular complexity index is 290. The van der Waals surface area contributed by atoms with Gasteiger partial charge in [-0.2, -0.15) is 0 Å². The SMILES string of the molecule is COCCC(C)N1CC(C)(C2CC2)NCC1C(C)C. The van der Waals surface area contributed by atoms with Crippen LogP contribution >= 0.6 is 0 Å². The molecule has 0 aromatic heterocycles. The molecule has 2 fully saturated rings. The summed E-state index contributed by atoms with van der Waals surface area (Å²) in [6, 6.07) is 1.28. The molecule has 0 bridgehead atoms. The molecule has 0 aromatic rings. The van der Waals surface area contributed by atoms with Gasteiger partial charge >= 0.3 is 0 Å². The van der Waals surface area contributed by atoms with Gasteiger partial charge in [-0.15, -0.1) is 0 Å². The van der Waals surface area contributed by atoms with Crippen LogP contribution in [0.25, 0.3) is 0 Å². The molecule has 1 aliphatic heterocycles. The summed E-state index contributed by atoms with van der Waals surface area (Å²) >= 11 is 0. The van der Waals surface area contributed by atoms with E-state index in [9.17, 15) is 0 Å². The molecule has 0 aromatic carbocycles. The zero-order valence-corrected chi connectivity index (χ0v) is 13.4. The third-order valence-corrected chi connectivity index (χ3v) is 5.21. The van der Waals surface area contributed by atoms with Crippen molar-refractivity contribution in [3.05, 3.63) is 0 Å². The Kier molecular flexibility index (Phi) is 4.91. The number of nitrogens with zero attached hydrogens (tertiary/aromatic N) is 1. The van der Waals surface area contributed by atoms with Gasteiger partial charge in [-0.05, 0) is 44.9 Å². The average Bonchev–Trinajstić information content (AvgIpc) is 3.20. The van der Waals surface area contributed by atoms with Crippen LogP contribution in [0.5, 0.6) is 0 Å². The molecule has 3 atom stereocenters. The van der Waals surface area contributed by atoms with E-state index in [0.29, 0.717) is 23.5 Å². The van der Waals surface area contributed by atoms with Crippen molar-refractivity contribution < 1.29 is 4.74 Å². The highest BCUT2D eigenvalue weighted by Crippen LogP contribution is 2.42. The van der Waals surface area contributed by atoms with E-state index in [1.165, 1.54) is 19.4 Å². The number of rotatable bonds is 6. The summed E-state index contributed by atoms with van der Waals surface area (Å²) in [6.07, 6.45) is 3.97. The van der Waals surface area contributed by atoms with Gasteiger partial charge in [0, 0.05) is 44.4 Å². The van der Waals surface area contributed by atoms with Crippen molar-refractivity contribution in [2.45, 2.75) is 64.6 Å². The van der Waals surface area contributed by atoms with E-state index >= 15 is 0 Å². The molecule has 1 saturated heterocycles. The van der Waals surface area contributed by atoms with Crippen LogP contribution in [0.2, 0.25) is 0 Å². The lowest BCUT2D eigenvalue weighted by molar-refractivity contribution is 0.0136. The van der Waals surface area contributed by atoms with Gasteiger partial charge in [0.1, 0.15) is 0 Å². The zero-order chi connectivity index (χ0) is 14.0. The number of methoxy groups -OCH3 is 1. The maximum Gasteiger partial charge on any atom is 0.0477 e. The van der Waals surface area contributed by atoms with Gasteiger partial charge in [0.25, 0.3) is 0 Å². The van der Waals surface area contributed by atoms with Gasteiger partial charge in [0.2, 0.25) is 0 Å². The quantitative estimate of drug-likeness (QED) is 0.801. The summed E-state index contributed by atoms with van der Waals surface area (Å²) in [7, 11) is 1.80. The topological polar surface area (TPSA) is 24.5 Å². The largest absolute Gasteiger partial charge is 0.385 e. The molecular formula is C16H32N2O. The van der Waals surface area contributed by atoms with Crippen LogP contribution in [0.15, 0.2) is 0 Å². The Hall–Kier alpha value is -0.120. The van der Waals surface area contributed by atoms with Gasteiger partial charge in [-0.1, -0.05) is 13.8 Å². The van der Waals surface area contributed by atoms with Crippen LogP contribution < -0.4 is 5.32 Å². The molecular weight excluding hydrogens is 236 g/mol. The normalized spacial score (nSPS) is 34.7. The smallest absolute Gasteiger partial charge is 0.0477 e. The minimum Gasteiger partial charge on any atom is -0.385 e. The first-order valence-corrected chi connectivity index (χ1v) is 7.97. The second kappa shape index (κ2) is 6.11. The summed E-state index contributed by atoms with van der Waals surface area (Å²) in [6.45, 7) is 12.7. The zero-order valence-electron chi connectivity index (χ0n) is 13.4. The van der Waals surface area contributed by atoms with Crippen molar-refractivity contribution >= 4 is 0 Å². The van der Waals surface area contributed by atoms with E-state index in [2.05, 4.69) is 37.9 Å². The molecule has 0 radical (unpaired) electrons. The molecule has 1 aliphatic carbocycles. The van der Waals surface area contributed by atoms with E-state index in [-0.39, 0.29) is 0 Å². The van der Waals surface area contributed by atoms with E-state index < -0.39 is 0 Å². The lowest BCUT2D eigenvalue weighted by Crippen LogP contribution is -2.66. The van der Waals surface area contributed by atoms with Crippen LogP contribution in [0.4, 0.5) is 0 Å². The summed E-state index contributed by atoms with van der Waals surface area (Å²) in [5.41, 5.74) is 0.340. The van der Waals surface area contributed by atoms with Crippen molar-refractivity contribution in [2.24, 2.45) is 11.8 Å². The third-order valence-electron chi connectivity index (χ3n) is 5.21. The maximum absolute atomic E-state index is 5.27. The molecule has 2 aliphatic rings. The summed E-state index contributed by atoms with van der Waals surface area (Å²) in [5, 5.41) is 3.86. The van der Waals surface area contributed by atoms with E-state index in [1.54, 1.807) is 7.11 Å². The Morgan fingerprint density at radius 2 is 2.00 bits per heavy atom. The number of piperazine rings is 1. The number of nitrogens with one attached hydrogen (secondary N) is 1. The fourth-order valence-electron chi connectivity index (χ4n) is 3.56. The highest BCUT2D eigenvalue weighted by Gasteiger charge is 2.47. The molecule has 3 heteroatoms. The van der Waals surface area contributed by atoms with Gasteiger partial charge in [0.05, 0.1) is 0 Å². The lowest BCUT2D eigenvalue weighted by atomic mass is 9.87. The van der Waals surface area contributed by atoms with Gasteiger partial charge < -0.3 is 10.1 Å². The van der Waals surface area contributed by atoms with Gasteiger partial charge in [-0.25, -0.2) is 0 Å². The van der Waals surface area contributed by atoms with Crippen molar-refractivity contribution in [3.63, 3.8) is 0 Å². The summed E-state index contributed by atoms with van der Waals surface area (Å²) in [5.74, 6) is 1.61. The molecule has 2 rings (SSSR count). The number of hydrogen-bond donors (Lipinski definition) is 1. The van der Waals surface area contributed by atoms with Crippen LogP contribution in [0, 0.1) is 11.8 Å². The van der Waals surface area contributed by atoms with E-state index in [1.807, 2.05) is 0 Å². The number of ether oxygens (including phenoxy) is 1. The van der Waals surface area contributed by atoms with Gasteiger partial charge in [0.15, 0.2) is 0 Å². The second-order valence-electron chi connectivity index (χ2n) is 7.19. The molecule has 1 N–H and O–H groups in total. The first kappa shape index (κ1) is 15.3. The Labute approximate surface area is 119 Å². The Morgan fingerprint density at radius 1 is 1.32 bits per heavy atom. The highest BCUT2D eigenvalue weighted by atomic mass is 16.5. The van der Waals surface area contributed by atoms with Crippen molar-refractivity contribution in [2.75, 3.05) is 26.8 Å². The average molecular weight is 268 g/mol. The van der Waals surface area contributed by atoms with Crippen LogP contribution in [-0.4, -0.2) is 49.3 Å². The predicted octanol–water partition coefficient (Wildman–Crippen LogP) is 2.51. The molecule has 1 saturated carbocycles. The van der Waals surface area contributed by atoms with Crippen LogP contribution in [0.3, 0.4) is 0 Å². The minimum absolute atomic E-state index is 0.340. The monoisotopic (exact) mass is 268 g/mol. The summed E-state index contributed by atoms with van der Waals surface area (Å²) in [4.78, 5) is 2.75. The van der Waals surface area contributed by atoms with Crippen LogP contribution in [-0.2, 0) is 4.74 Å². The van der Waals surface area contributed by atoms with E-state index in [4.69, 9.17) is 4.74 Å².